The lowest BCUT2D eigenvalue weighted by molar-refractivity contribution is 0.204. The molecule has 0 saturated carbocycles. The molecule has 1 aromatic carbocycles. The van der Waals surface area contributed by atoms with E-state index >= 15 is 0 Å². The van der Waals surface area contributed by atoms with Gasteiger partial charge in [-0.15, -0.1) is 0 Å². The van der Waals surface area contributed by atoms with Crippen molar-refractivity contribution in [3.05, 3.63) is 36.2 Å². The number of rotatable bonds is 4. The zero-order chi connectivity index (χ0) is 18.8. The summed E-state index contributed by atoms with van der Waals surface area (Å²) in [7, 11) is 0. The van der Waals surface area contributed by atoms with E-state index in [4.69, 9.17) is 4.74 Å². The third-order valence-electron chi connectivity index (χ3n) is 5.70. The van der Waals surface area contributed by atoms with Crippen molar-refractivity contribution in [3.63, 3.8) is 0 Å². The normalized spacial score (nSPS) is 23.0. The summed E-state index contributed by atoms with van der Waals surface area (Å²) < 4.78 is 5.15. The van der Waals surface area contributed by atoms with Crippen LogP contribution in [0.1, 0.15) is 31.7 Å². The van der Waals surface area contributed by atoms with E-state index in [0.29, 0.717) is 17.8 Å². The molecule has 0 aliphatic carbocycles. The first-order chi connectivity index (χ1) is 13.1. The van der Waals surface area contributed by atoms with Crippen LogP contribution in [0, 0.1) is 6.92 Å². The van der Waals surface area contributed by atoms with Gasteiger partial charge < -0.3 is 9.64 Å². The number of likely N-dealkylation sites (tertiary alicyclic amines) is 1. The number of anilines is 2. The first kappa shape index (κ1) is 17.9. The molecule has 2 aliphatic rings. The predicted octanol–water partition coefficient (Wildman–Crippen LogP) is 3.39. The van der Waals surface area contributed by atoms with Crippen molar-refractivity contribution in [2.75, 3.05) is 29.9 Å². The standard InChI is InChI=1S/C20H27N5O2/c1-14-10-16(23-20(26)27-18-11-21-22-12-18)5-6-19(14)24-9-7-17(13-24)25-8-3-4-15(25)2/h5-6,10-12,15,17H,3-4,7-9,13H2,1-2H3,(H,21,22)(H,23,26). The fraction of sp³-hybridized carbons (Fsp3) is 0.500. The average molecular weight is 369 g/mol. The Hall–Kier alpha value is -2.54. The number of aromatic amines is 1. The molecule has 2 atom stereocenters. The quantitative estimate of drug-likeness (QED) is 0.864. The van der Waals surface area contributed by atoms with Crippen molar-refractivity contribution in [3.8, 4) is 5.75 Å². The number of aryl methyl sites for hydroxylation is 1. The number of carbonyl (C=O) groups is 1. The molecule has 7 heteroatoms. The molecule has 4 rings (SSSR count). The Morgan fingerprint density at radius 1 is 1.33 bits per heavy atom. The maximum absolute atomic E-state index is 12.0. The van der Waals surface area contributed by atoms with Crippen LogP contribution in [0.4, 0.5) is 16.2 Å². The molecule has 0 bridgehead atoms. The molecule has 0 radical (unpaired) electrons. The topological polar surface area (TPSA) is 73.5 Å². The number of ether oxygens (including phenoxy) is 1. The number of hydrogen-bond acceptors (Lipinski definition) is 5. The number of nitrogens with one attached hydrogen (secondary N) is 2. The average Bonchev–Trinajstić information content (AvgIpc) is 3.36. The minimum Gasteiger partial charge on any atom is -0.407 e. The second-order valence-electron chi connectivity index (χ2n) is 7.57. The Morgan fingerprint density at radius 3 is 2.93 bits per heavy atom. The number of amides is 1. The van der Waals surface area contributed by atoms with Gasteiger partial charge in [0.25, 0.3) is 0 Å². The van der Waals surface area contributed by atoms with Crippen LogP contribution >= 0.6 is 0 Å². The van der Waals surface area contributed by atoms with E-state index in [1.165, 1.54) is 43.9 Å². The monoisotopic (exact) mass is 369 g/mol. The molecule has 2 unspecified atom stereocenters. The SMILES string of the molecule is Cc1cc(NC(=O)Oc2cn[nH]c2)ccc1N1CCC(N2CCCC2C)C1. The second-order valence-corrected chi connectivity index (χ2v) is 7.57. The van der Waals surface area contributed by atoms with Gasteiger partial charge in [0.2, 0.25) is 0 Å². The summed E-state index contributed by atoms with van der Waals surface area (Å²) in [6.45, 7) is 7.85. The largest absolute Gasteiger partial charge is 0.417 e. The molecule has 2 saturated heterocycles. The number of aromatic nitrogens is 2. The molecular weight excluding hydrogens is 342 g/mol. The summed E-state index contributed by atoms with van der Waals surface area (Å²) in [5, 5.41) is 9.13. The van der Waals surface area contributed by atoms with E-state index in [1.54, 1.807) is 0 Å². The first-order valence-electron chi connectivity index (χ1n) is 9.69. The van der Waals surface area contributed by atoms with Gasteiger partial charge in [-0.2, -0.15) is 5.10 Å². The zero-order valence-corrected chi connectivity index (χ0v) is 15.9. The number of benzene rings is 1. The summed E-state index contributed by atoms with van der Waals surface area (Å²) >= 11 is 0. The van der Waals surface area contributed by atoms with Gasteiger partial charge in [0.15, 0.2) is 5.75 Å². The van der Waals surface area contributed by atoms with Crippen molar-refractivity contribution in [2.45, 2.75) is 45.2 Å². The minimum absolute atomic E-state index is 0.389. The van der Waals surface area contributed by atoms with Gasteiger partial charge in [0, 0.05) is 36.5 Å². The smallest absolute Gasteiger partial charge is 0.407 e. The molecule has 3 heterocycles. The van der Waals surface area contributed by atoms with Crippen molar-refractivity contribution in [1.29, 1.82) is 0 Å². The van der Waals surface area contributed by atoms with Crippen LogP contribution in [-0.4, -0.2) is 52.9 Å². The van der Waals surface area contributed by atoms with Crippen LogP contribution in [0.2, 0.25) is 0 Å². The fourth-order valence-electron chi connectivity index (χ4n) is 4.36. The highest BCUT2D eigenvalue weighted by Gasteiger charge is 2.33. The summed E-state index contributed by atoms with van der Waals surface area (Å²) in [6, 6.07) is 7.40. The molecule has 7 nitrogen and oxygen atoms in total. The molecule has 144 valence electrons. The number of H-pyrrole nitrogens is 1. The lowest BCUT2D eigenvalue weighted by atomic mass is 10.1. The highest BCUT2D eigenvalue weighted by molar-refractivity contribution is 5.86. The van der Waals surface area contributed by atoms with Gasteiger partial charge in [-0.3, -0.25) is 15.3 Å². The van der Waals surface area contributed by atoms with E-state index in [-0.39, 0.29) is 0 Å². The molecule has 2 aromatic rings. The predicted molar refractivity (Wildman–Crippen MR) is 105 cm³/mol. The lowest BCUT2D eigenvalue weighted by Crippen LogP contribution is -2.39. The third kappa shape index (κ3) is 3.93. The van der Waals surface area contributed by atoms with Gasteiger partial charge >= 0.3 is 6.09 Å². The molecule has 0 spiro atoms. The zero-order valence-electron chi connectivity index (χ0n) is 15.9. The van der Waals surface area contributed by atoms with Crippen molar-refractivity contribution in [1.82, 2.24) is 15.1 Å². The van der Waals surface area contributed by atoms with Gasteiger partial charge in [-0.05, 0) is 63.4 Å². The maximum Gasteiger partial charge on any atom is 0.417 e. The Balaban J connectivity index is 1.38. The Labute approximate surface area is 159 Å². The summed E-state index contributed by atoms with van der Waals surface area (Å²) in [5.41, 5.74) is 3.14. The van der Waals surface area contributed by atoms with Crippen LogP contribution in [0.3, 0.4) is 0 Å². The summed E-state index contributed by atoms with van der Waals surface area (Å²) in [6.07, 6.45) is 6.34. The molecule has 1 amide bonds. The number of hydrogen-bond donors (Lipinski definition) is 2. The van der Waals surface area contributed by atoms with E-state index < -0.39 is 6.09 Å². The lowest BCUT2D eigenvalue weighted by Gasteiger charge is -2.29. The Bertz CT molecular complexity index is 792. The van der Waals surface area contributed by atoms with Gasteiger partial charge in [0.1, 0.15) is 0 Å². The first-order valence-corrected chi connectivity index (χ1v) is 9.69. The van der Waals surface area contributed by atoms with Crippen molar-refractivity contribution in [2.24, 2.45) is 0 Å². The molecular formula is C20H27N5O2. The van der Waals surface area contributed by atoms with E-state index in [9.17, 15) is 4.79 Å². The highest BCUT2D eigenvalue weighted by Crippen LogP contribution is 2.31. The van der Waals surface area contributed by atoms with Gasteiger partial charge in [0.05, 0.1) is 12.4 Å². The maximum atomic E-state index is 12.0. The Morgan fingerprint density at radius 2 is 2.22 bits per heavy atom. The summed E-state index contributed by atoms with van der Waals surface area (Å²) in [5.74, 6) is 0.389. The van der Waals surface area contributed by atoms with Gasteiger partial charge in [-0.1, -0.05) is 0 Å². The Kier molecular flexibility index (Phi) is 5.03. The van der Waals surface area contributed by atoms with E-state index in [1.807, 2.05) is 12.1 Å². The molecule has 1 aromatic heterocycles. The van der Waals surface area contributed by atoms with Crippen molar-refractivity contribution >= 4 is 17.5 Å². The van der Waals surface area contributed by atoms with Crippen LogP contribution in [0.15, 0.2) is 30.6 Å². The molecule has 2 aliphatic heterocycles. The molecule has 2 fully saturated rings. The molecule has 2 N–H and O–H groups in total. The van der Waals surface area contributed by atoms with E-state index in [0.717, 1.165) is 24.3 Å². The van der Waals surface area contributed by atoms with Crippen LogP contribution < -0.4 is 15.0 Å². The van der Waals surface area contributed by atoms with Crippen LogP contribution in [0.25, 0.3) is 0 Å². The number of carbonyl (C=O) groups excluding carboxylic acids is 1. The van der Waals surface area contributed by atoms with Crippen LogP contribution in [0.5, 0.6) is 5.75 Å². The summed E-state index contributed by atoms with van der Waals surface area (Å²) in [4.78, 5) is 17.1. The van der Waals surface area contributed by atoms with Crippen molar-refractivity contribution < 1.29 is 9.53 Å². The molecule has 27 heavy (non-hydrogen) atoms. The van der Waals surface area contributed by atoms with Crippen LogP contribution in [-0.2, 0) is 0 Å². The van der Waals surface area contributed by atoms with Gasteiger partial charge in [-0.25, -0.2) is 4.79 Å². The third-order valence-corrected chi connectivity index (χ3v) is 5.70. The minimum atomic E-state index is -0.521. The second kappa shape index (κ2) is 7.60. The van der Waals surface area contributed by atoms with E-state index in [2.05, 4.69) is 45.2 Å². The number of nitrogens with zero attached hydrogens (tertiary/aromatic N) is 3. The highest BCUT2D eigenvalue weighted by atomic mass is 16.6. The fourth-order valence-corrected chi connectivity index (χ4v) is 4.36.